The van der Waals surface area contributed by atoms with Gasteiger partial charge in [0.25, 0.3) is 0 Å². The van der Waals surface area contributed by atoms with Gasteiger partial charge in [0.2, 0.25) is 10.0 Å². The van der Waals surface area contributed by atoms with Crippen LogP contribution >= 0.6 is 24.8 Å². The summed E-state index contributed by atoms with van der Waals surface area (Å²) in [6.45, 7) is 0.264. The molecular weight excluding hydrogens is 501 g/mol. The third kappa shape index (κ3) is 5.68. The molecular formula is C23H25Cl2N3O5S. The fourth-order valence-electron chi connectivity index (χ4n) is 3.70. The van der Waals surface area contributed by atoms with Crippen LogP contribution in [0.2, 0.25) is 0 Å². The van der Waals surface area contributed by atoms with Crippen LogP contribution in [-0.4, -0.2) is 47.9 Å². The summed E-state index contributed by atoms with van der Waals surface area (Å²) in [4.78, 5) is 15.2. The van der Waals surface area contributed by atoms with E-state index < -0.39 is 27.6 Å². The Morgan fingerprint density at radius 2 is 1.79 bits per heavy atom. The molecule has 0 bridgehead atoms. The number of benzene rings is 2. The zero-order valence-corrected chi connectivity index (χ0v) is 20.4. The van der Waals surface area contributed by atoms with Crippen molar-refractivity contribution in [3.63, 3.8) is 0 Å². The van der Waals surface area contributed by atoms with Crippen LogP contribution in [0.4, 0.5) is 0 Å². The van der Waals surface area contributed by atoms with Gasteiger partial charge in [-0.2, -0.15) is 4.31 Å². The van der Waals surface area contributed by atoms with E-state index in [1.807, 2.05) is 30.3 Å². The van der Waals surface area contributed by atoms with Gasteiger partial charge >= 0.3 is 5.97 Å². The number of nitrogens with zero attached hydrogens (tertiary/aromatic N) is 2. The maximum Gasteiger partial charge on any atom is 0.320 e. The lowest BCUT2D eigenvalue weighted by molar-refractivity contribution is -0.138. The van der Waals surface area contributed by atoms with Gasteiger partial charge in [0.1, 0.15) is 11.8 Å². The molecule has 2 heterocycles. The molecule has 1 aliphatic heterocycles. The highest BCUT2D eigenvalue weighted by Crippen LogP contribution is 2.39. The van der Waals surface area contributed by atoms with Crippen LogP contribution in [0.5, 0.6) is 5.75 Å². The Morgan fingerprint density at radius 3 is 2.41 bits per heavy atom. The monoisotopic (exact) mass is 525 g/mol. The summed E-state index contributed by atoms with van der Waals surface area (Å²) in [7, 11) is -3.80. The molecule has 1 unspecified atom stereocenters. The van der Waals surface area contributed by atoms with Crippen molar-refractivity contribution >= 4 is 40.8 Å². The van der Waals surface area contributed by atoms with Gasteiger partial charge in [-0.15, -0.1) is 24.8 Å². The predicted molar refractivity (Wildman–Crippen MR) is 132 cm³/mol. The van der Waals surface area contributed by atoms with Crippen molar-refractivity contribution in [2.75, 3.05) is 13.1 Å². The molecule has 1 atom stereocenters. The van der Waals surface area contributed by atoms with Gasteiger partial charge < -0.3 is 15.6 Å². The number of hydrogen-bond donors (Lipinski definition) is 2. The lowest BCUT2D eigenvalue weighted by Gasteiger charge is -2.48. The average Bonchev–Trinajstić information content (AvgIpc) is 2.77. The fourth-order valence-corrected chi connectivity index (χ4v) is 5.30. The van der Waals surface area contributed by atoms with Crippen LogP contribution in [0, 0.1) is 0 Å². The zero-order chi connectivity index (χ0) is 22.8. The Balaban J connectivity index is 0.00000204. The number of rotatable bonds is 8. The minimum Gasteiger partial charge on any atom is -0.480 e. The van der Waals surface area contributed by atoms with Gasteiger partial charge in [-0.3, -0.25) is 9.78 Å². The molecule has 1 aromatic heterocycles. The SMILES string of the molecule is Cl.Cl.NC(Cc1cccc(S(=O)(=O)N2CC(Oc3cccnc3)(c3ccccc3)C2)c1)C(=O)O. The first-order valence-electron chi connectivity index (χ1n) is 10.0. The topological polar surface area (TPSA) is 123 Å². The van der Waals surface area contributed by atoms with Crippen LogP contribution in [-0.2, 0) is 26.8 Å². The molecule has 11 heteroatoms. The van der Waals surface area contributed by atoms with E-state index in [0.717, 1.165) is 5.56 Å². The number of aliphatic carboxylic acids is 1. The molecule has 1 saturated heterocycles. The highest BCUT2D eigenvalue weighted by atomic mass is 35.5. The van der Waals surface area contributed by atoms with Crippen LogP contribution in [0.15, 0.2) is 84.0 Å². The van der Waals surface area contributed by atoms with E-state index in [4.69, 9.17) is 15.6 Å². The van der Waals surface area contributed by atoms with Crippen molar-refractivity contribution in [2.24, 2.45) is 5.73 Å². The summed E-state index contributed by atoms with van der Waals surface area (Å²) >= 11 is 0. The quantitative estimate of drug-likeness (QED) is 0.463. The smallest absolute Gasteiger partial charge is 0.320 e. The minimum absolute atomic E-state index is 0. The summed E-state index contributed by atoms with van der Waals surface area (Å²) in [5.74, 6) is -0.584. The Bertz CT molecular complexity index is 1210. The van der Waals surface area contributed by atoms with E-state index in [1.165, 1.54) is 16.4 Å². The number of hydrogen-bond acceptors (Lipinski definition) is 6. The standard InChI is InChI=1S/C23H23N3O5S.2ClH/c24-21(22(27)28)13-17-6-4-10-20(12-17)32(29,30)26-15-23(16-26,18-7-2-1-3-8-18)31-19-9-5-11-25-14-19;;/h1-12,14,21H,13,15-16,24H2,(H,27,28);2*1H. The van der Waals surface area contributed by atoms with E-state index in [0.29, 0.717) is 11.3 Å². The van der Waals surface area contributed by atoms with Gasteiger partial charge in [0.05, 0.1) is 24.2 Å². The summed E-state index contributed by atoms with van der Waals surface area (Å²) in [5.41, 5.74) is 6.18. The second kappa shape index (κ2) is 11.2. The molecule has 0 saturated carbocycles. The van der Waals surface area contributed by atoms with E-state index >= 15 is 0 Å². The first-order chi connectivity index (χ1) is 15.3. The second-order valence-electron chi connectivity index (χ2n) is 7.72. The number of halogens is 2. The Morgan fingerprint density at radius 1 is 1.09 bits per heavy atom. The molecule has 3 aromatic rings. The first-order valence-corrected chi connectivity index (χ1v) is 11.5. The number of pyridine rings is 1. The molecule has 0 radical (unpaired) electrons. The summed E-state index contributed by atoms with van der Waals surface area (Å²) in [5, 5.41) is 9.03. The van der Waals surface area contributed by atoms with Gasteiger partial charge in [0.15, 0.2) is 5.60 Å². The third-order valence-corrected chi connectivity index (χ3v) is 7.21. The van der Waals surface area contributed by atoms with Crippen molar-refractivity contribution in [1.82, 2.24) is 9.29 Å². The number of carboxylic acid groups (broad SMARTS) is 1. The highest BCUT2D eigenvalue weighted by Gasteiger charge is 2.52. The Hall–Kier alpha value is -2.69. The lowest BCUT2D eigenvalue weighted by atomic mass is 9.87. The third-order valence-electron chi connectivity index (χ3n) is 5.42. The number of carboxylic acids is 1. The fraction of sp³-hybridized carbons (Fsp3) is 0.217. The second-order valence-corrected chi connectivity index (χ2v) is 9.66. The van der Waals surface area contributed by atoms with Crippen molar-refractivity contribution in [1.29, 1.82) is 0 Å². The van der Waals surface area contributed by atoms with Crippen molar-refractivity contribution in [3.05, 3.63) is 90.3 Å². The molecule has 3 N–H and O–H groups in total. The van der Waals surface area contributed by atoms with E-state index in [-0.39, 0.29) is 49.2 Å². The summed E-state index contributed by atoms with van der Waals surface area (Å²) < 4.78 is 34.1. The Kier molecular flexibility index (Phi) is 9.04. The van der Waals surface area contributed by atoms with Gasteiger partial charge in [-0.25, -0.2) is 8.42 Å². The Labute approximate surface area is 210 Å². The highest BCUT2D eigenvalue weighted by molar-refractivity contribution is 7.89. The van der Waals surface area contributed by atoms with E-state index in [9.17, 15) is 13.2 Å². The van der Waals surface area contributed by atoms with Crippen LogP contribution in [0.25, 0.3) is 0 Å². The zero-order valence-electron chi connectivity index (χ0n) is 18.0. The summed E-state index contributed by atoms with van der Waals surface area (Å²) in [6.07, 6.45) is 3.27. The van der Waals surface area contributed by atoms with Crippen LogP contribution < -0.4 is 10.5 Å². The largest absolute Gasteiger partial charge is 0.480 e. The molecule has 0 spiro atoms. The number of nitrogens with two attached hydrogens (primary N) is 1. The number of carbonyl (C=O) groups is 1. The normalized spacial score (nSPS) is 15.7. The minimum atomic E-state index is -3.80. The maximum absolute atomic E-state index is 13.3. The van der Waals surface area contributed by atoms with Crippen LogP contribution in [0.3, 0.4) is 0 Å². The first kappa shape index (κ1) is 27.6. The number of sulfonamides is 1. The average molecular weight is 526 g/mol. The predicted octanol–water partition coefficient (Wildman–Crippen LogP) is 2.86. The summed E-state index contributed by atoms with van der Waals surface area (Å²) in [6, 6.07) is 18.1. The molecule has 0 aliphatic carbocycles. The molecule has 1 fully saturated rings. The van der Waals surface area contributed by atoms with E-state index in [2.05, 4.69) is 4.98 Å². The molecule has 4 rings (SSSR count). The van der Waals surface area contributed by atoms with Gasteiger partial charge in [-0.05, 0) is 41.8 Å². The molecule has 0 amide bonds. The molecule has 2 aromatic carbocycles. The van der Waals surface area contributed by atoms with Crippen molar-refractivity contribution in [3.8, 4) is 5.75 Å². The van der Waals surface area contributed by atoms with Gasteiger partial charge in [-0.1, -0.05) is 42.5 Å². The van der Waals surface area contributed by atoms with Crippen molar-refractivity contribution < 1.29 is 23.1 Å². The van der Waals surface area contributed by atoms with Crippen LogP contribution in [0.1, 0.15) is 11.1 Å². The number of ether oxygens (including phenoxy) is 1. The lowest BCUT2D eigenvalue weighted by Crippen LogP contribution is -2.64. The molecule has 1 aliphatic rings. The van der Waals surface area contributed by atoms with Crippen molar-refractivity contribution in [2.45, 2.75) is 23.0 Å². The van der Waals surface area contributed by atoms with Gasteiger partial charge in [0, 0.05) is 6.20 Å². The number of aromatic nitrogens is 1. The molecule has 8 nitrogen and oxygen atoms in total. The molecule has 182 valence electrons. The van der Waals surface area contributed by atoms with E-state index in [1.54, 1.807) is 36.7 Å². The maximum atomic E-state index is 13.3. The molecule has 34 heavy (non-hydrogen) atoms.